The van der Waals surface area contributed by atoms with Crippen LogP contribution in [0.4, 0.5) is 10.2 Å². The summed E-state index contributed by atoms with van der Waals surface area (Å²) in [6.45, 7) is 0. The Morgan fingerprint density at radius 2 is 1.95 bits per heavy atom. The number of nitrogens with zero attached hydrogens (tertiary/aromatic N) is 2. The number of hydrogen-bond acceptors (Lipinski definition) is 4. The summed E-state index contributed by atoms with van der Waals surface area (Å²) in [4.78, 5) is 7.18. The molecule has 100 valence electrons. The molecule has 2 aromatic rings. The lowest BCUT2D eigenvalue weighted by molar-refractivity contribution is 0.593. The molecule has 0 saturated heterocycles. The van der Waals surface area contributed by atoms with Gasteiger partial charge >= 0.3 is 0 Å². The summed E-state index contributed by atoms with van der Waals surface area (Å²) in [5.74, 6) is -0.805. The van der Waals surface area contributed by atoms with Crippen LogP contribution in [0, 0.1) is 5.82 Å². The highest BCUT2D eigenvalue weighted by molar-refractivity contribution is 9.10. The molecular weight excluding hydrogens is 361 g/mol. The topological polar surface area (TPSA) is 72.0 Å². The van der Waals surface area contributed by atoms with Crippen molar-refractivity contribution in [2.75, 3.05) is 4.72 Å². The average molecular weight is 367 g/mol. The number of aromatic nitrogens is 2. The van der Waals surface area contributed by atoms with Crippen LogP contribution in [-0.4, -0.2) is 18.4 Å². The standard InChI is InChI=1S/C10H6BrClFN3O2S/c11-7-2-1-6(5-8(7)13)19(17,18)16-10-9(12)14-3-4-15-10/h1-5H,(H,15,16). The summed E-state index contributed by atoms with van der Waals surface area (Å²) in [6.07, 6.45) is 2.60. The van der Waals surface area contributed by atoms with Gasteiger partial charge in [-0.2, -0.15) is 0 Å². The summed E-state index contributed by atoms with van der Waals surface area (Å²) in [6, 6.07) is 3.43. The van der Waals surface area contributed by atoms with E-state index in [2.05, 4.69) is 30.6 Å². The van der Waals surface area contributed by atoms with E-state index in [1.807, 2.05) is 0 Å². The molecule has 19 heavy (non-hydrogen) atoms. The van der Waals surface area contributed by atoms with Gasteiger partial charge in [-0.25, -0.2) is 22.8 Å². The van der Waals surface area contributed by atoms with Crippen molar-refractivity contribution in [2.24, 2.45) is 0 Å². The number of rotatable bonds is 3. The molecule has 0 bridgehead atoms. The highest BCUT2D eigenvalue weighted by Gasteiger charge is 2.18. The predicted octanol–water partition coefficient (Wildman–Crippen LogP) is 2.83. The second-order valence-corrected chi connectivity index (χ2v) is 6.27. The van der Waals surface area contributed by atoms with E-state index in [4.69, 9.17) is 11.6 Å². The molecule has 0 unspecified atom stereocenters. The molecule has 0 amide bonds. The van der Waals surface area contributed by atoms with Gasteiger partial charge in [-0.15, -0.1) is 0 Å². The monoisotopic (exact) mass is 365 g/mol. The Kier molecular flexibility index (Phi) is 4.02. The van der Waals surface area contributed by atoms with Crippen LogP contribution in [0.3, 0.4) is 0 Å². The molecule has 0 atom stereocenters. The van der Waals surface area contributed by atoms with Crippen molar-refractivity contribution in [3.8, 4) is 0 Å². The van der Waals surface area contributed by atoms with E-state index in [-0.39, 0.29) is 20.3 Å². The van der Waals surface area contributed by atoms with E-state index in [1.165, 1.54) is 24.5 Å². The van der Waals surface area contributed by atoms with Gasteiger partial charge in [0.25, 0.3) is 10.0 Å². The van der Waals surface area contributed by atoms with Crippen LogP contribution in [0.15, 0.2) is 40.0 Å². The molecule has 2 rings (SSSR count). The van der Waals surface area contributed by atoms with Crippen molar-refractivity contribution in [1.82, 2.24) is 9.97 Å². The second-order valence-electron chi connectivity index (χ2n) is 3.38. The van der Waals surface area contributed by atoms with Crippen LogP contribution in [0.2, 0.25) is 5.15 Å². The van der Waals surface area contributed by atoms with Crippen molar-refractivity contribution in [1.29, 1.82) is 0 Å². The Balaban J connectivity index is 2.38. The van der Waals surface area contributed by atoms with Crippen LogP contribution >= 0.6 is 27.5 Å². The zero-order valence-corrected chi connectivity index (χ0v) is 12.3. The Labute approximate surface area is 122 Å². The van der Waals surface area contributed by atoms with Crippen LogP contribution in [0.25, 0.3) is 0 Å². The van der Waals surface area contributed by atoms with Crippen molar-refractivity contribution in [3.63, 3.8) is 0 Å². The van der Waals surface area contributed by atoms with Crippen molar-refractivity contribution in [2.45, 2.75) is 4.90 Å². The fourth-order valence-electron chi connectivity index (χ4n) is 1.22. The van der Waals surface area contributed by atoms with Gasteiger partial charge < -0.3 is 0 Å². The highest BCUT2D eigenvalue weighted by atomic mass is 79.9. The fraction of sp³-hybridized carbons (Fsp3) is 0. The predicted molar refractivity (Wildman–Crippen MR) is 72.0 cm³/mol. The smallest absolute Gasteiger partial charge is 0.261 e. The molecule has 0 aliphatic carbocycles. The van der Waals surface area contributed by atoms with Gasteiger partial charge in [0.15, 0.2) is 11.0 Å². The second kappa shape index (κ2) is 5.40. The van der Waals surface area contributed by atoms with Crippen molar-refractivity contribution < 1.29 is 12.8 Å². The van der Waals surface area contributed by atoms with Gasteiger partial charge in [0.1, 0.15) is 5.82 Å². The Bertz CT molecular complexity index is 726. The number of halogens is 3. The maximum Gasteiger partial charge on any atom is 0.263 e. The molecular formula is C10H6BrClFN3O2S. The van der Waals surface area contributed by atoms with Crippen molar-refractivity contribution >= 4 is 43.4 Å². The molecule has 5 nitrogen and oxygen atoms in total. The lowest BCUT2D eigenvalue weighted by Gasteiger charge is -2.08. The summed E-state index contributed by atoms with van der Waals surface area (Å²) >= 11 is 8.63. The van der Waals surface area contributed by atoms with Crippen LogP contribution in [0.1, 0.15) is 0 Å². The minimum atomic E-state index is -3.97. The summed E-state index contributed by atoms with van der Waals surface area (Å²) in [5, 5.41) is -0.0938. The van der Waals surface area contributed by atoms with E-state index in [1.54, 1.807) is 0 Å². The molecule has 0 fully saturated rings. The largest absolute Gasteiger partial charge is 0.263 e. The zero-order valence-electron chi connectivity index (χ0n) is 9.14. The lowest BCUT2D eigenvalue weighted by atomic mass is 10.3. The average Bonchev–Trinajstić information content (AvgIpc) is 2.35. The normalized spacial score (nSPS) is 11.3. The van der Waals surface area contributed by atoms with Crippen molar-refractivity contribution in [3.05, 3.63) is 46.0 Å². The zero-order chi connectivity index (χ0) is 14.0. The third kappa shape index (κ3) is 3.20. The van der Waals surface area contributed by atoms with E-state index in [0.29, 0.717) is 0 Å². The molecule has 0 aliphatic heterocycles. The third-order valence-electron chi connectivity index (χ3n) is 2.09. The van der Waals surface area contributed by atoms with Gasteiger partial charge in [-0.1, -0.05) is 11.6 Å². The SMILES string of the molecule is O=S(=O)(Nc1nccnc1Cl)c1ccc(Br)c(F)c1. The Morgan fingerprint density at radius 3 is 2.58 bits per heavy atom. The van der Waals surface area contributed by atoms with Crippen LogP contribution in [0.5, 0.6) is 0 Å². The van der Waals surface area contributed by atoms with Gasteiger partial charge in [-0.3, -0.25) is 4.72 Å². The third-order valence-corrected chi connectivity index (χ3v) is 4.34. The molecule has 1 N–H and O–H groups in total. The quantitative estimate of drug-likeness (QED) is 0.906. The lowest BCUT2D eigenvalue weighted by Crippen LogP contribution is -2.14. The number of hydrogen-bond donors (Lipinski definition) is 1. The number of nitrogens with one attached hydrogen (secondary N) is 1. The number of sulfonamides is 1. The maximum atomic E-state index is 13.3. The number of benzene rings is 1. The van der Waals surface area contributed by atoms with Gasteiger partial charge in [0, 0.05) is 12.4 Å². The Hall–Kier alpha value is -1.25. The molecule has 0 radical (unpaired) electrons. The Morgan fingerprint density at radius 1 is 1.26 bits per heavy atom. The first-order valence-corrected chi connectivity index (χ1v) is 7.50. The summed E-state index contributed by atoms with van der Waals surface area (Å²) in [7, 11) is -3.97. The molecule has 1 heterocycles. The molecule has 0 aliphatic rings. The molecule has 1 aromatic carbocycles. The molecule has 0 saturated carbocycles. The first-order valence-electron chi connectivity index (χ1n) is 4.84. The summed E-state index contributed by atoms with van der Waals surface area (Å²) < 4.78 is 39.6. The van der Waals surface area contributed by atoms with E-state index >= 15 is 0 Å². The van der Waals surface area contributed by atoms with Crippen LogP contribution < -0.4 is 4.72 Å². The maximum absolute atomic E-state index is 13.3. The van der Waals surface area contributed by atoms with E-state index in [9.17, 15) is 12.8 Å². The van der Waals surface area contributed by atoms with E-state index < -0.39 is 15.8 Å². The molecule has 9 heteroatoms. The van der Waals surface area contributed by atoms with Gasteiger partial charge in [0.05, 0.1) is 9.37 Å². The van der Waals surface area contributed by atoms with E-state index in [0.717, 1.165) is 6.07 Å². The van der Waals surface area contributed by atoms with Crippen LogP contribution in [-0.2, 0) is 10.0 Å². The molecule has 1 aromatic heterocycles. The summed E-state index contributed by atoms with van der Waals surface area (Å²) in [5.41, 5.74) is 0. The highest BCUT2D eigenvalue weighted by Crippen LogP contribution is 2.22. The fourth-order valence-corrected chi connectivity index (χ4v) is 2.70. The number of anilines is 1. The minimum Gasteiger partial charge on any atom is -0.261 e. The first-order chi connectivity index (χ1) is 8.90. The van der Waals surface area contributed by atoms with Gasteiger partial charge in [-0.05, 0) is 34.1 Å². The van der Waals surface area contributed by atoms with Gasteiger partial charge in [0.2, 0.25) is 0 Å². The first kappa shape index (κ1) is 14.2. The molecule has 0 spiro atoms. The minimum absolute atomic E-state index is 0.0938.